The Morgan fingerprint density at radius 2 is 2.45 bits per heavy atom. The molecule has 0 aromatic heterocycles. The monoisotopic (exact) mass is 153 g/mol. The van der Waals surface area contributed by atoms with Crippen molar-refractivity contribution in [2.75, 3.05) is 0 Å². The minimum Gasteiger partial charge on any atom is -0.300 e. The van der Waals surface area contributed by atoms with Crippen LogP contribution in [0.1, 0.15) is 39.5 Å². The molecule has 1 atom stereocenters. The van der Waals surface area contributed by atoms with Gasteiger partial charge >= 0.3 is 0 Å². The summed E-state index contributed by atoms with van der Waals surface area (Å²) >= 11 is 0. The van der Waals surface area contributed by atoms with Crippen LogP contribution in [0.3, 0.4) is 0 Å². The van der Waals surface area contributed by atoms with Gasteiger partial charge in [-0.3, -0.25) is 9.79 Å². The standard InChI is InChI=1S/C9H15NO/c1-7-4-3-5-9(10-7)6-8(2)11/h9H,3-6H2,1-2H3/t9-/m0/s1. The second kappa shape index (κ2) is 3.65. The molecule has 0 radical (unpaired) electrons. The summed E-state index contributed by atoms with van der Waals surface area (Å²) in [5, 5.41) is 0. The number of hydrogen-bond acceptors (Lipinski definition) is 2. The van der Waals surface area contributed by atoms with Gasteiger partial charge in [-0.05, 0) is 33.1 Å². The fourth-order valence-corrected chi connectivity index (χ4v) is 1.51. The zero-order valence-corrected chi connectivity index (χ0v) is 7.26. The molecule has 2 nitrogen and oxygen atoms in total. The predicted octanol–water partition coefficient (Wildman–Crippen LogP) is 1.98. The zero-order chi connectivity index (χ0) is 8.27. The number of hydrogen-bond donors (Lipinski definition) is 0. The summed E-state index contributed by atoms with van der Waals surface area (Å²) in [4.78, 5) is 15.2. The number of carbonyl (C=O) groups is 1. The topological polar surface area (TPSA) is 29.4 Å². The van der Waals surface area contributed by atoms with Crippen molar-refractivity contribution in [1.82, 2.24) is 0 Å². The second-order valence-corrected chi connectivity index (χ2v) is 3.32. The summed E-state index contributed by atoms with van der Waals surface area (Å²) in [6, 6.07) is 0.293. The van der Waals surface area contributed by atoms with Gasteiger partial charge in [-0.2, -0.15) is 0 Å². The van der Waals surface area contributed by atoms with Gasteiger partial charge in [0.05, 0.1) is 6.04 Å². The van der Waals surface area contributed by atoms with Gasteiger partial charge < -0.3 is 0 Å². The van der Waals surface area contributed by atoms with E-state index in [-0.39, 0.29) is 5.78 Å². The molecule has 1 rings (SSSR count). The van der Waals surface area contributed by atoms with Gasteiger partial charge in [-0.1, -0.05) is 0 Å². The van der Waals surface area contributed by atoms with Gasteiger partial charge in [-0.25, -0.2) is 0 Å². The van der Waals surface area contributed by atoms with Crippen molar-refractivity contribution in [1.29, 1.82) is 0 Å². The predicted molar refractivity (Wildman–Crippen MR) is 46.0 cm³/mol. The highest BCUT2D eigenvalue weighted by Crippen LogP contribution is 2.16. The maximum absolute atomic E-state index is 10.7. The molecule has 0 fully saturated rings. The molecule has 0 bridgehead atoms. The molecule has 11 heavy (non-hydrogen) atoms. The smallest absolute Gasteiger partial charge is 0.131 e. The summed E-state index contributed by atoms with van der Waals surface area (Å²) in [5.41, 5.74) is 1.21. The molecule has 0 spiro atoms. The van der Waals surface area contributed by atoms with Crippen LogP contribution in [-0.4, -0.2) is 17.5 Å². The van der Waals surface area contributed by atoms with E-state index in [0.717, 1.165) is 12.8 Å². The Hall–Kier alpha value is -0.660. The summed E-state index contributed by atoms with van der Waals surface area (Å²) in [6.45, 7) is 3.69. The molecule has 0 aromatic rings. The average Bonchev–Trinajstić information content (AvgIpc) is 1.85. The van der Waals surface area contributed by atoms with Crippen molar-refractivity contribution in [3.63, 3.8) is 0 Å². The van der Waals surface area contributed by atoms with E-state index in [2.05, 4.69) is 4.99 Å². The summed E-state index contributed by atoms with van der Waals surface area (Å²) < 4.78 is 0. The average molecular weight is 153 g/mol. The molecule has 1 aliphatic rings. The van der Waals surface area contributed by atoms with E-state index in [9.17, 15) is 4.79 Å². The van der Waals surface area contributed by atoms with Gasteiger partial charge in [0.1, 0.15) is 5.78 Å². The highest BCUT2D eigenvalue weighted by atomic mass is 16.1. The van der Waals surface area contributed by atoms with E-state index in [1.807, 2.05) is 6.92 Å². The highest BCUT2D eigenvalue weighted by molar-refractivity contribution is 5.83. The van der Waals surface area contributed by atoms with Crippen LogP contribution in [0.5, 0.6) is 0 Å². The number of nitrogens with zero attached hydrogens (tertiary/aromatic N) is 1. The van der Waals surface area contributed by atoms with Gasteiger partial charge in [-0.15, -0.1) is 0 Å². The Morgan fingerprint density at radius 3 is 3.00 bits per heavy atom. The number of Topliss-reactive ketones (excluding diaryl/α,β-unsaturated/α-hetero) is 1. The van der Waals surface area contributed by atoms with Crippen molar-refractivity contribution >= 4 is 11.5 Å². The molecule has 2 heteroatoms. The highest BCUT2D eigenvalue weighted by Gasteiger charge is 2.13. The van der Waals surface area contributed by atoms with E-state index in [1.165, 1.54) is 12.1 Å². The van der Waals surface area contributed by atoms with Gasteiger partial charge in [0.25, 0.3) is 0 Å². The summed E-state index contributed by atoms with van der Waals surface area (Å²) in [5.74, 6) is 0.258. The van der Waals surface area contributed by atoms with Crippen LogP contribution in [0.15, 0.2) is 4.99 Å². The number of aliphatic imine (C=N–C) groups is 1. The Bertz CT molecular complexity index is 184. The molecular weight excluding hydrogens is 138 g/mol. The first-order valence-corrected chi connectivity index (χ1v) is 4.21. The molecule has 1 heterocycles. The Morgan fingerprint density at radius 1 is 1.73 bits per heavy atom. The lowest BCUT2D eigenvalue weighted by Gasteiger charge is -2.16. The molecule has 0 amide bonds. The number of ketones is 1. The molecule has 0 aliphatic carbocycles. The molecule has 0 aromatic carbocycles. The third kappa shape index (κ3) is 2.83. The van der Waals surface area contributed by atoms with E-state index < -0.39 is 0 Å². The fourth-order valence-electron chi connectivity index (χ4n) is 1.51. The largest absolute Gasteiger partial charge is 0.300 e. The van der Waals surface area contributed by atoms with Crippen LogP contribution < -0.4 is 0 Å². The van der Waals surface area contributed by atoms with Crippen molar-refractivity contribution in [2.45, 2.75) is 45.6 Å². The van der Waals surface area contributed by atoms with Crippen LogP contribution in [0.25, 0.3) is 0 Å². The van der Waals surface area contributed by atoms with Crippen molar-refractivity contribution in [2.24, 2.45) is 4.99 Å². The summed E-state index contributed by atoms with van der Waals surface area (Å²) in [6.07, 6.45) is 4.05. The maximum Gasteiger partial charge on any atom is 0.131 e. The molecule has 62 valence electrons. The lowest BCUT2D eigenvalue weighted by molar-refractivity contribution is -0.117. The maximum atomic E-state index is 10.7. The zero-order valence-electron chi connectivity index (χ0n) is 7.26. The quantitative estimate of drug-likeness (QED) is 0.596. The Balaban J connectivity index is 2.46. The Labute approximate surface area is 67.7 Å². The number of carbonyl (C=O) groups excluding carboxylic acids is 1. The van der Waals surface area contributed by atoms with E-state index >= 15 is 0 Å². The van der Waals surface area contributed by atoms with Crippen molar-refractivity contribution in [3.8, 4) is 0 Å². The van der Waals surface area contributed by atoms with Gasteiger partial charge in [0.15, 0.2) is 0 Å². The molecule has 1 aliphatic heterocycles. The van der Waals surface area contributed by atoms with Crippen LogP contribution in [0.2, 0.25) is 0 Å². The SMILES string of the molecule is CC(=O)C[C@@H]1CCCC(C)=N1. The molecule has 0 saturated heterocycles. The minimum atomic E-state index is 0.258. The normalized spacial score (nSPS) is 24.5. The van der Waals surface area contributed by atoms with Crippen LogP contribution >= 0.6 is 0 Å². The Kier molecular flexibility index (Phi) is 2.80. The molecule has 0 saturated carbocycles. The van der Waals surface area contributed by atoms with Crippen LogP contribution in [-0.2, 0) is 4.79 Å². The first kappa shape index (κ1) is 8.44. The van der Waals surface area contributed by atoms with E-state index in [0.29, 0.717) is 12.5 Å². The van der Waals surface area contributed by atoms with Crippen LogP contribution in [0.4, 0.5) is 0 Å². The van der Waals surface area contributed by atoms with E-state index in [1.54, 1.807) is 6.92 Å². The third-order valence-corrected chi connectivity index (χ3v) is 2.00. The second-order valence-electron chi connectivity index (χ2n) is 3.32. The summed E-state index contributed by atoms with van der Waals surface area (Å²) in [7, 11) is 0. The lowest BCUT2D eigenvalue weighted by atomic mass is 10.00. The van der Waals surface area contributed by atoms with Gasteiger partial charge in [0.2, 0.25) is 0 Å². The minimum absolute atomic E-state index is 0.258. The first-order valence-electron chi connectivity index (χ1n) is 4.21. The molecular formula is C9H15NO. The first-order chi connectivity index (χ1) is 5.18. The molecule has 0 N–H and O–H groups in total. The number of rotatable bonds is 2. The third-order valence-electron chi connectivity index (χ3n) is 2.00. The van der Waals surface area contributed by atoms with Crippen molar-refractivity contribution < 1.29 is 4.79 Å². The lowest BCUT2D eigenvalue weighted by Crippen LogP contribution is -2.16. The van der Waals surface area contributed by atoms with Crippen LogP contribution in [0, 0.1) is 0 Å². The van der Waals surface area contributed by atoms with E-state index in [4.69, 9.17) is 0 Å². The fraction of sp³-hybridized carbons (Fsp3) is 0.778. The van der Waals surface area contributed by atoms with Gasteiger partial charge in [0, 0.05) is 12.1 Å². The van der Waals surface area contributed by atoms with Crippen molar-refractivity contribution in [3.05, 3.63) is 0 Å². The molecule has 0 unspecified atom stereocenters.